The Labute approximate surface area is 169 Å². The molecule has 0 spiro atoms. The summed E-state index contributed by atoms with van der Waals surface area (Å²) in [6.45, 7) is 9.32. The Morgan fingerprint density at radius 1 is 1.00 bits per heavy atom. The van der Waals surface area contributed by atoms with Gasteiger partial charge in [0.25, 0.3) is 0 Å². The Balaban J connectivity index is 1.74. The molecule has 4 rings (SSSR count). The zero-order valence-corrected chi connectivity index (χ0v) is 17.9. The Kier molecular flexibility index (Phi) is 5.01. The van der Waals surface area contributed by atoms with Gasteiger partial charge in [-0.05, 0) is 49.0 Å². The number of hydrazone groups is 1. The molecule has 1 aromatic carbocycles. The van der Waals surface area contributed by atoms with Crippen molar-refractivity contribution in [3.8, 4) is 0 Å². The van der Waals surface area contributed by atoms with Gasteiger partial charge in [-0.3, -0.25) is 0 Å². The minimum atomic E-state index is -0.0724. The Hall–Kier alpha value is -1.84. The average molecular weight is 382 g/mol. The van der Waals surface area contributed by atoms with Crippen LogP contribution in [-0.4, -0.2) is 22.8 Å². The summed E-state index contributed by atoms with van der Waals surface area (Å²) in [5.41, 5.74) is 3.57. The van der Waals surface area contributed by atoms with Crippen molar-refractivity contribution in [2.24, 2.45) is 21.8 Å². The maximum absolute atomic E-state index is 13.2. The average Bonchev–Trinajstić information content (AvgIpc) is 2.76. The lowest BCUT2D eigenvalue weighted by Gasteiger charge is -2.47. The minimum Gasteiger partial charge on any atom is -0.306 e. The van der Waals surface area contributed by atoms with Crippen LogP contribution in [0.1, 0.15) is 84.6 Å². The van der Waals surface area contributed by atoms with Crippen LogP contribution in [0.2, 0.25) is 0 Å². The smallest absolute Gasteiger partial charge is 0.306 e. The van der Waals surface area contributed by atoms with Gasteiger partial charge in [0.2, 0.25) is 0 Å². The molecule has 0 aromatic heterocycles. The third kappa shape index (κ3) is 3.97. The summed E-state index contributed by atoms with van der Waals surface area (Å²) >= 11 is 0. The van der Waals surface area contributed by atoms with E-state index in [-0.39, 0.29) is 22.9 Å². The van der Waals surface area contributed by atoms with Crippen molar-refractivity contribution < 1.29 is 4.79 Å². The predicted octanol–water partition coefficient (Wildman–Crippen LogP) is 6.42. The first-order valence-corrected chi connectivity index (χ1v) is 11.0. The van der Waals surface area contributed by atoms with E-state index in [4.69, 9.17) is 5.10 Å². The van der Waals surface area contributed by atoms with Crippen LogP contribution in [0.4, 0.5) is 10.5 Å². The maximum atomic E-state index is 13.2. The van der Waals surface area contributed by atoms with E-state index in [0.717, 1.165) is 29.8 Å². The predicted molar refractivity (Wildman–Crippen MR) is 116 cm³/mol. The number of carbonyl (C=O) groups is 1. The monoisotopic (exact) mass is 381 g/mol. The normalized spacial score (nSPS) is 25.5. The van der Waals surface area contributed by atoms with E-state index < -0.39 is 0 Å². The highest BCUT2D eigenvalue weighted by Gasteiger charge is 2.43. The fourth-order valence-corrected chi connectivity index (χ4v) is 6.09. The Morgan fingerprint density at radius 3 is 2.32 bits per heavy atom. The highest BCUT2D eigenvalue weighted by atomic mass is 16.2. The maximum Gasteiger partial charge on any atom is 0.342 e. The van der Waals surface area contributed by atoms with Gasteiger partial charge in [-0.1, -0.05) is 65.2 Å². The van der Waals surface area contributed by atoms with Crippen molar-refractivity contribution >= 4 is 17.4 Å². The molecule has 2 aliphatic carbocycles. The molecule has 0 radical (unpaired) electrons. The van der Waals surface area contributed by atoms with Gasteiger partial charge in [-0.25, -0.2) is 9.80 Å². The van der Waals surface area contributed by atoms with Gasteiger partial charge in [-0.15, -0.1) is 0 Å². The van der Waals surface area contributed by atoms with Crippen LogP contribution in [0.15, 0.2) is 29.4 Å². The molecule has 28 heavy (non-hydrogen) atoms. The lowest BCUT2D eigenvalue weighted by Crippen LogP contribution is -2.47. The summed E-state index contributed by atoms with van der Waals surface area (Å²) in [6.07, 6.45) is 9.38. The van der Waals surface area contributed by atoms with Crippen molar-refractivity contribution in [3.63, 3.8) is 0 Å². The van der Waals surface area contributed by atoms with Crippen molar-refractivity contribution in [1.82, 2.24) is 5.01 Å². The van der Waals surface area contributed by atoms with Gasteiger partial charge in [0.15, 0.2) is 0 Å². The number of hydrogen-bond acceptors (Lipinski definition) is 2. The quantitative estimate of drug-likeness (QED) is 0.631. The lowest BCUT2D eigenvalue weighted by atomic mass is 9.63. The second-order valence-electron chi connectivity index (χ2n) is 10.7. The van der Waals surface area contributed by atoms with E-state index >= 15 is 0 Å². The van der Waals surface area contributed by atoms with Crippen molar-refractivity contribution in [2.45, 2.75) is 85.1 Å². The molecule has 4 nitrogen and oxygen atoms in total. The molecule has 2 saturated carbocycles. The van der Waals surface area contributed by atoms with Gasteiger partial charge in [0.05, 0.1) is 17.4 Å². The standard InChI is InChI=1S/C24H35N3O/c1-23(2)14-18(15-24(3,4)16-23)27-22(28)25-20-13-9-8-12-19(20)21(26-27)17-10-6-5-7-11-17/h8-9,12-13,17-18H,5-7,10-11,14-16H2,1-4H3,(H,25,28). The molecule has 0 bridgehead atoms. The number of amides is 2. The van der Waals surface area contributed by atoms with E-state index in [9.17, 15) is 4.79 Å². The topological polar surface area (TPSA) is 44.7 Å². The summed E-state index contributed by atoms with van der Waals surface area (Å²) < 4.78 is 0. The lowest BCUT2D eigenvalue weighted by molar-refractivity contribution is 0.0432. The molecule has 2 amide bonds. The molecule has 4 heteroatoms. The summed E-state index contributed by atoms with van der Waals surface area (Å²) in [6, 6.07) is 8.28. The molecule has 1 N–H and O–H groups in total. The number of hydrogen-bond donors (Lipinski definition) is 1. The number of fused-ring (bicyclic) bond motifs is 1. The summed E-state index contributed by atoms with van der Waals surface area (Å²) in [4.78, 5) is 13.2. The zero-order chi connectivity index (χ0) is 19.9. The number of benzene rings is 1. The summed E-state index contributed by atoms with van der Waals surface area (Å²) in [5, 5.41) is 10.1. The van der Waals surface area contributed by atoms with Crippen LogP contribution in [0.25, 0.3) is 0 Å². The van der Waals surface area contributed by atoms with Crippen LogP contribution in [0, 0.1) is 16.7 Å². The van der Waals surface area contributed by atoms with Crippen LogP contribution < -0.4 is 5.32 Å². The Morgan fingerprint density at radius 2 is 1.64 bits per heavy atom. The van der Waals surface area contributed by atoms with E-state index in [2.05, 4.69) is 45.1 Å². The fourth-order valence-electron chi connectivity index (χ4n) is 6.09. The van der Waals surface area contributed by atoms with Gasteiger partial charge < -0.3 is 5.32 Å². The van der Waals surface area contributed by atoms with E-state index in [1.807, 2.05) is 17.1 Å². The number of nitrogens with one attached hydrogen (secondary N) is 1. The summed E-state index contributed by atoms with van der Waals surface area (Å²) in [5.74, 6) is 0.453. The molecule has 1 aromatic rings. The second-order valence-corrected chi connectivity index (χ2v) is 10.7. The molecule has 2 fully saturated rings. The minimum absolute atomic E-state index is 0.0724. The highest BCUT2D eigenvalue weighted by molar-refractivity contribution is 6.10. The first-order chi connectivity index (χ1) is 13.2. The number of rotatable bonds is 2. The number of carbonyl (C=O) groups excluding carboxylic acids is 1. The zero-order valence-electron chi connectivity index (χ0n) is 17.9. The SMILES string of the molecule is CC1(C)CC(N2N=C(C3CCCCC3)c3ccccc3NC2=O)CC(C)(C)C1. The molecule has 3 aliphatic rings. The van der Waals surface area contributed by atoms with Crippen molar-refractivity contribution in [1.29, 1.82) is 0 Å². The van der Waals surface area contributed by atoms with E-state index in [1.54, 1.807) is 0 Å². The van der Waals surface area contributed by atoms with Gasteiger partial charge in [0.1, 0.15) is 0 Å². The molecular weight excluding hydrogens is 346 g/mol. The number of nitrogens with zero attached hydrogens (tertiary/aromatic N) is 2. The fraction of sp³-hybridized carbons (Fsp3) is 0.667. The van der Waals surface area contributed by atoms with Crippen molar-refractivity contribution in [2.75, 3.05) is 5.32 Å². The number of anilines is 1. The van der Waals surface area contributed by atoms with E-state index in [0.29, 0.717) is 5.92 Å². The van der Waals surface area contributed by atoms with Gasteiger partial charge >= 0.3 is 6.03 Å². The third-order valence-electron chi connectivity index (χ3n) is 6.74. The highest BCUT2D eigenvalue weighted by Crippen LogP contribution is 2.47. The van der Waals surface area contributed by atoms with Crippen LogP contribution >= 0.6 is 0 Å². The van der Waals surface area contributed by atoms with Crippen LogP contribution in [-0.2, 0) is 0 Å². The second kappa shape index (κ2) is 7.20. The molecule has 0 saturated heterocycles. The van der Waals surface area contributed by atoms with Crippen LogP contribution in [0.3, 0.4) is 0 Å². The largest absolute Gasteiger partial charge is 0.342 e. The molecule has 0 atom stereocenters. The summed E-state index contributed by atoms with van der Waals surface area (Å²) in [7, 11) is 0. The Bertz CT molecular complexity index is 758. The van der Waals surface area contributed by atoms with Gasteiger partial charge in [0, 0.05) is 11.5 Å². The molecule has 152 valence electrons. The molecule has 0 unspecified atom stereocenters. The molecular formula is C24H35N3O. The third-order valence-corrected chi connectivity index (χ3v) is 6.74. The van der Waals surface area contributed by atoms with E-state index in [1.165, 1.54) is 38.5 Å². The van der Waals surface area contributed by atoms with Crippen molar-refractivity contribution in [3.05, 3.63) is 29.8 Å². The first kappa shape index (κ1) is 19.5. The molecule has 1 heterocycles. The first-order valence-electron chi connectivity index (χ1n) is 11.0. The van der Waals surface area contributed by atoms with Gasteiger partial charge in [-0.2, -0.15) is 5.10 Å². The number of urea groups is 1. The molecule has 1 aliphatic heterocycles. The van der Waals surface area contributed by atoms with Crippen LogP contribution in [0.5, 0.6) is 0 Å². The number of para-hydroxylation sites is 1.